The third-order valence-electron chi connectivity index (χ3n) is 4.36. The van der Waals surface area contributed by atoms with Gasteiger partial charge in [0.05, 0.1) is 18.9 Å². The van der Waals surface area contributed by atoms with Crippen molar-refractivity contribution in [1.29, 1.82) is 0 Å². The Bertz CT molecular complexity index is 924. The molecule has 8 nitrogen and oxygen atoms in total. The third kappa shape index (κ3) is 3.95. The van der Waals surface area contributed by atoms with Gasteiger partial charge in [-0.25, -0.2) is 15.0 Å². The number of nitrogens with zero attached hydrogens (tertiary/aromatic N) is 5. The Labute approximate surface area is 157 Å². The molecule has 1 fully saturated rings. The zero-order valence-corrected chi connectivity index (χ0v) is 15.1. The minimum absolute atomic E-state index is 0.273. The molecule has 3 N–H and O–H groups in total. The van der Waals surface area contributed by atoms with Gasteiger partial charge in [-0.2, -0.15) is 4.98 Å². The number of ether oxygens (including phenoxy) is 1. The first kappa shape index (κ1) is 17.2. The summed E-state index contributed by atoms with van der Waals surface area (Å²) in [5, 5.41) is 3.32. The Morgan fingerprint density at radius 1 is 1.04 bits per heavy atom. The molecule has 0 bridgehead atoms. The van der Waals surface area contributed by atoms with Crippen molar-refractivity contribution >= 4 is 23.4 Å². The lowest BCUT2D eigenvalue weighted by atomic mass is 10.1. The molecule has 1 aliphatic rings. The molecule has 27 heavy (non-hydrogen) atoms. The van der Waals surface area contributed by atoms with Crippen LogP contribution in [0.4, 0.5) is 23.4 Å². The smallest absolute Gasteiger partial charge is 0.227 e. The van der Waals surface area contributed by atoms with Crippen LogP contribution in [0, 0.1) is 6.92 Å². The van der Waals surface area contributed by atoms with Gasteiger partial charge in [-0.3, -0.25) is 0 Å². The predicted octanol–water partition coefficient (Wildman–Crippen LogP) is 2.40. The molecule has 8 heteroatoms. The minimum atomic E-state index is 0.273. The van der Waals surface area contributed by atoms with E-state index in [0.717, 1.165) is 41.4 Å². The summed E-state index contributed by atoms with van der Waals surface area (Å²) in [6.07, 6.45) is 3.50. The number of benzene rings is 1. The molecule has 2 aromatic heterocycles. The number of aromatic nitrogens is 4. The van der Waals surface area contributed by atoms with Gasteiger partial charge in [0.25, 0.3) is 0 Å². The van der Waals surface area contributed by atoms with Gasteiger partial charge in [0, 0.05) is 36.7 Å². The van der Waals surface area contributed by atoms with Crippen LogP contribution in [0.15, 0.2) is 42.7 Å². The number of hydrogen-bond acceptors (Lipinski definition) is 8. The molecule has 3 heterocycles. The van der Waals surface area contributed by atoms with Crippen molar-refractivity contribution in [1.82, 2.24) is 19.9 Å². The first-order chi connectivity index (χ1) is 13.2. The molecule has 0 saturated carbocycles. The van der Waals surface area contributed by atoms with Crippen molar-refractivity contribution in [3.63, 3.8) is 0 Å². The van der Waals surface area contributed by atoms with Gasteiger partial charge in [0.2, 0.25) is 11.9 Å². The molecule has 0 aliphatic carbocycles. The van der Waals surface area contributed by atoms with Gasteiger partial charge >= 0.3 is 0 Å². The topological polar surface area (TPSA) is 102 Å². The molecule has 0 radical (unpaired) electrons. The first-order valence-electron chi connectivity index (χ1n) is 8.81. The van der Waals surface area contributed by atoms with Gasteiger partial charge in [0.1, 0.15) is 5.82 Å². The number of aryl methyl sites for hydroxylation is 1. The highest BCUT2D eigenvalue weighted by molar-refractivity contribution is 5.67. The molecule has 0 atom stereocenters. The van der Waals surface area contributed by atoms with Crippen molar-refractivity contribution in [3.05, 3.63) is 48.3 Å². The lowest BCUT2D eigenvalue weighted by Gasteiger charge is -2.26. The van der Waals surface area contributed by atoms with E-state index in [9.17, 15) is 0 Å². The molecular weight excluding hydrogens is 342 g/mol. The summed E-state index contributed by atoms with van der Waals surface area (Å²) in [7, 11) is 0. The zero-order valence-electron chi connectivity index (χ0n) is 15.1. The standard InChI is InChI=1S/C19H21N7O/c1-13-12-22-18(20)25-17(13)14-2-4-15(5-3-14)23-16-6-7-21-19(24-16)26-8-10-27-11-9-26/h2-7,12H,8-11H2,1H3,(H2,20,22,25)(H,21,23,24). The molecule has 3 aromatic rings. The summed E-state index contributed by atoms with van der Waals surface area (Å²) in [5.74, 6) is 1.74. The predicted molar refractivity (Wildman–Crippen MR) is 105 cm³/mol. The quantitative estimate of drug-likeness (QED) is 0.728. The van der Waals surface area contributed by atoms with E-state index in [1.54, 1.807) is 12.4 Å². The fourth-order valence-electron chi connectivity index (χ4n) is 2.94. The fraction of sp³-hybridized carbons (Fsp3) is 0.263. The van der Waals surface area contributed by atoms with E-state index in [1.807, 2.05) is 37.3 Å². The molecule has 0 amide bonds. The van der Waals surface area contributed by atoms with Crippen molar-refractivity contribution in [2.75, 3.05) is 42.3 Å². The Hall–Kier alpha value is -3.26. The van der Waals surface area contributed by atoms with E-state index in [1.165, 1.54) is 0 Å². The van der Waals surface area contributed by atoms with Crippen molar-refractivity contribution in [3.8, 4) is 11.3 Å². The second-order valence-corrected chi connectivity index (χ2v) is 6.30. The average Bonchev–Trinajstić information content (AvgIpc) is 2.71. The Morgan fingerprint density at radius 3 is 2.59 bits per heavy atom. The highest BCUT2D eigenvalue weighted by Crippen LogP contribution is 2.24. The van der Waals surface area contributed by atoms with E-state index >= 15 is 0 Å². The summed E-state index contributed by atoms with van der Waals surface area (Å²) in [6.45, 7) is 4.99. The van der Waals surface area contributed by atoms with Crippen LogP contribution in [0.5, 0.6) is 0 Å². The van der Waals surface area contributed by atoms with Gasteiger partial charge in [-0.15, -0.1) is 0 Å². The number of nitrogens with two attached hydrogens (primary N) is 1. The summed E-state index contributed by atoms with van der Waals surface area (Å²) >= 11 is 0. The molecule has 0 unspecified atom stereocenters. The van der Waals surface area contributed by atoms with Crippen LogP contribution in [-0.2, 0) is 4.74 Å². The second kappa shape index (κ2) is 7.55. The van der Waals surface area contributed by atoms with E-state index < -0.39 is 0 Å². The van der Waals surface area contributed by atoms with Crippen LogP contribution in [0.1, 0.15) is 5.56 Å². The maximum atomic E-state index is 5.71. The second-order valence-electron chi connectivity index (χ2n) is 6.30. The van der Waals surface area contributed by atoms with Crippen molar-refractivity contribution < 1.29 is 4.74 Å². The van der Waals surface area contributed by atoms with E-state index in [4.69, 9.17) is 10.5 Å². The van der Waals surface area contributed by atoms with Crippen LogP contribution in [0.25, 0.3) is 11.3 Å². The molecule has 138 valence electrons. The van der Waals surface area contributed by atoms with E-state index in [0.29, 0.717) is 19.2 Å². The summed E-state index contributed by atoms with van der Waals surface area (Å²) in [4.78, 5) is 19.4. The maximum absolute atomic E-state index is 5.71. The molecular formula is C19H21N7O. The Morgan fingerprint density at radius 2 is 1.81 bits per heavy atom. The Kier molecular flexibility index (Phi) is 4.80. The number of nitrogen functional groups attached to an aromatic ring is 1. The summed E-state index contributed by atoms with van der Waals surface area (Å²) in [6, 6.07) is 9.84. The maximum Gasteiger partial charge on any atom is 0.227 e. The highest BCUT2D eigenvalue weighted by Gasteiger charge is 2.14. The van der Waals surface area contributed by atoms with Gasteiger partial charge in [-0.1, -0.05) is 12.1 Å². The average molecular weight is 363 g/mol. The number of rotatable bonds is 4. The fourth-order valence-corrected chi connectivity index (χ4v) is 2.94. The lowest BCUT2D eigenvalue weighted by molar-refractivity contribution is 0.122. The van der Waals surface area contributed by atoms with E-state index in [2.05, 4.69) is 30.2 Å². The SMILES string of the molecule is Cc1cnc(N)nc1-c1ccc(Nc2ccnc(N3CCOCC3)n2)cc1. The number of hydrogen-bond donors (Lipinski definition) is 2. The van der Waals surface area contributed by atoms with Gasteiger partial charge < -0.3 is 20.7 Å². The monoisotopic (exact) mass is 363 g/mol. The van der Waals surface area contributed by atoms with E-state index in [-0.39, 0.29) is 5.95 Å². The Balaban J connectivity index is 1.51. The molecule has 0 spiro atoms. The van der Waals surface area contributed by atoms with Crippen LogP contribution >= 0.6 is 0 Å². The van der Waals surface area contributed by atoms with Crippen LogP contribution in [0.3, 0.4) is 0 Å². The number of anilines is 4. The molecule has 1 saturated heterocycles. The number of nitrogens with one attached hydrogen (secondary N) is 1. The van der Waals surface area contributed by atoms with Gasteiger partial charge in [-0.05, 0) is 30.7 Å². The molecule has 4 rings (SSSR count). The van der Waals surface area contributed by atoms with Gasteiger partial charge in [0.15, 0.2) is 0 Å². The van der Waals surface area contributed by atoms with Crippen LogP contribution < -0.4 is 16.0 Å². The number of morpholine rings is 1. The van der Waals surface area contributed by atoms with Crippen molar-refractivity contribution in [2.45, 2.75) is 6.92 Å². The highest BCUT2D eigenvalue weighted by atomic mass is 16.5. The third-order valence-corrected chi connectivity index (χ3v) is 4.36. The molecule has 1 aliphatic heterocycles. The minimum Gasteiger partial charge on any atom is -0.378 e. The largest absolute Gasteiger partial charge is 0.378 e. The molecule has 1 aromatic carbocycles. The first-order valence-corrected chi connectivity index (χ1v) is 8.81. The van der Waals surface area contributed by atoms with Crippen molar-refractivity contribution in [2.24, 2.45) is 0 Å². The zero-order chi connectivity index (χ0) is 18.6. The normalized spacial score (nSPS) is 14.2. The summed E-state index contributed by atoms with van der Waals surface area (Å²) < 4.78 is 5.38. The van der Waals surface area contributed by atoms with Crippen LogP contribution in [0.2, 0.25) is 0 Å². The summed E-state index contributed by atoms with van der Waals surface area (Å²) in [5.41, 5.74) is 9.46. The lowest BCUT2D eigenvalue weighted by Crippen LogP contribution is -2.37. The van der Waals surface area contributed by atoms with Crippen LogP contribution in [-0.4, -0.2) is 46.2 Å².